The maximum Gasteiger partial charge on any atom is 0.319 e. The lowest BCUT2D eigenvalue weighted by molar-refractivity contribution is 0.179. The maximum absolute atomic E-state index is 7.14. The third kappa shape index (κ3) is 4.67. The zero-order valence-electron chi connectivity index (χ0n) is 18.6. The summed E-state index contributed by atoms with van der Waals surface area (Å²) in [6.45, 7) is 7.93. The van der Waals surface area contributed by atoms with Crippen LogP contribution in [0.25, 0.3) is 0 Å². The summed E-state index contributed by atoms with van der Waals surface area (Å²) in [6, 6.07) is 27.7. The van der Waals surface area contributed by atoms with E-state index in [-0.39, 0.29) is 5.04 Å². The van der Waals surface area contributed by atoms with Gasteiger partial charge in [-0.3, -0.25) is 0 Å². The Balaban J connectivity index is 2.21. The largest absolute Gasteiger partial charge is 0.534 e. The molecule has 3 aromatic carbocycles. The summed E-state index contributed by atoms with van der Waals surface area (Å²) in [4.78, 5) is 0. The Morgan fingerprint density at radius 2 is 1.10 bits per heavy atom. The molecule has 3 nitrogen and oxygen atoms in total. The molecule has 30 heavy (non-hydrogen) atoms. The molecule has 0 amide bonds. The number of ether oxygens (including phenoxy) is 2. The highest BCUT2D eigenvalue weighted by Crippen LogP contribution is 2.38. The van der Waals surface area contributed by atoms with Crippen molar-refractivity contribution in [1.29, 1.82) is 0 Å². The zero-order chi connectivity index (χ0) is 21.6. The molecule has 3 aromatic rings. The van der Waals surface area contributed by atoms with Crippen LogP contribution in [0, 0.1) is 0 Å². The van der Waals surface area contributed by atoms with E-state index >= 15 is 0 Å². The van der Waals surface area contributed by atoms with Crippen molar-refractivity contribution in [2.24, 2.45) is 0 Å². The number of hydrogen-bond acceptors (Lipinski definition) is 3. The fourth-order valence-electron chi connectivity index (χ4n) is 4.11. The van der Waals surface area contributed by atoms with Gasteiger partial charge in [-0.15, -0.1) is 0 Å². The second kappa shape index (κ2) is 9.60. The summed E-state index contributed by atoms with van der Waals surface area (Å²) < 4.78 is 17.9. The van der Waals surface area contributed by atoms with Crippen molar-refractivity contribution >= 4 is 18.7 Å². The van der Waals surface area contributed by atoms with Crippen molar-refractivity contribution < 1.29 is 13.9 Å². The first-order valence-electron chi connectivity index (χ1n) is 10.3. The molecule has 0 atom stereocenters. The van der Waals surface area contributed by atoms with Crippen LogP contribution in [0.5, 0.6) is 5.75 Å². The van der Waals surface area contributed by atoms with Crippen LogP contribution in [0.2, 0.25) is 5.04 Å². The monoisotopic (exact) mass is 420 g/mol. The van der Waals surface area contributed by atoms with Gasteiger partial charge in [0.1, 0.15) is 5.75 Å². The van der Waals surface area contributed by atoms with Gasteiger partial charge in [0.2, 0.25) is 0 Å². The van der Waals surface area contributed by atoms with Crippen LogP contribution in [-0.2, 0) is 22.7 Å². The second-order valence-electron chi connectivity index (χ2n) is 8.62. The van der Waals surface area contributed by atoms with Gasteiger partial charge < -0.3 is 13.9 Å². The van der Waals surface area contributed by atoms with Crippen LogP contribution < -0.4 is 14.8 Å². The molecule has 0 aliphatic heterocycles. The topological polar surface area (TPSA) is 27.7 Å². The summed E-state index contributed by atoms with van der Waals surface area (Å²) in [5.41, 5.74) is 2.17. The van der Waals surface area contributed by atoms with E-state index in [1.54, 1.807) is 14.2 Å². The molecule has 0 heterocycles. The summed E-state index contributed by atoms with van der Waals surface area (Å²) >= 11 is 0. The molecule has 0 aliphatic carbocycles. The van der Waals surface area contributed by atoms with E-state index in [1.807, 2.05) is 0 Å². The molecule has 158 valence electrons. The lowest BCUT2D eigenvalue weighted by Crippen LogP contribution is -2.68. The lowest BCUT2D eigenvalue weighted by Gasteiger charge is -2.43. The second-order valence-corrected chi connectivity index (χ2v) is 12.8. The molecule has 0 saturated heterocycles. The van der Waals surface area contributed by atoms with Gasteiger partial charge in [0.15, 0.2) is 0 Å². The third-order valence-electron chi connectivity index (χ3n) is 5.34. The van der Waals surface area contributed by atoms with Gasteiger partial charge in [0.25, 0.3) is 0 Å². The standard InChI is InChI=1S/C26H32O3Si/c1-26(2,3)30(24-12-8-6-9-13-24,25-14-10-7-11-15-25)29-23-17-21(19-27-4)16-22(18-23)20-28-5/h6-18H,19-20H2,1-5H3. The molecule has 0 fully saturated rings. The quantitative estimate of drug-likeness (QED) is 0.484. The van der Waals surface area contributed by atoms with Crippen molar-refractivity contribution in [1.82, 2.24) is 0 Å². The predicted molar refractivity (Wildman–Crippen MR) is 126 cm³/mol. The Labute approximate surface area is 181 Å². The minimum Gasteiger partial charge on any atom is -0.534 e. The Morgan fingerprint density at radius 3 is 1.47 bits per heavy atom. The molecule has 0 spiro atoms. The maximum atomic E-state index is 7.14. The Morgan fingerprint density at radius 1 is 0.667 bits per heavy atom. The first-order valence-corrected chi connectivity index (χ1v) is 12.2. The van der Waals surface area contributed by atoms with Crippen LogP contribution in [-0.4, -0.2) is 22.5 Å². The van der Waals surface area contributed by atoms with E-state index in [2.05, 4.69) is 99.6 Å². The molecular weight excluding hydrogens is 388 g/mol. The number of methoxy groups -OCH3 is 2. The van der Waals surface area contributed by atoms with Crippen molar-refractivity contribution in [2.75, 3.05) is 14.2 Å². The molecule has 4 heteroatoms. The van der Waals surface area contributed by atoms with E-state index in [0.29, 0.717) is 13.2 Å². The van der Waals surface area contributed by atoms with Crippen molar-refractivity contribution in [3.05, 3.63) is 90.0 Å². The summed E-state index contributed by atoms with van der Waals surface area (Å²) in [6.07, 6.45) is 0. The predicted octanol–water partition coefficient (Wildman–Crippen LogP) is 4.92. The third-order valence-corrected chi connectivity index (χ3v) is 10.3. The summed E-state index contributed by atoms with van der Waals surface area (Å²) in [5, 5.41) is 2.43. The fourth-order valence-corrected chi connectivity index (χ4v) is 8.52. The van der Waals surface area contributed by atoms with Crippen LogP contribution >= 0.6 is 0 Å². The average molecular weight is 421 g/mol. The number of benzene rings is 3. The van der Waals surface area contributed by atoms with Crippen LogP contribution in [0.1, 0.15) is 31.9 Å². The van der Waals surface area contributed by atoms with E-state index < -0.39 is 8.32 Å². The van der Waals surface area contributed by atoms with Crippen molar-refractivity contribution in [3.8, 4) is 5.75 Å². The minimum atomic E-state index is -2.66. The normalized spacial score (nSPS) is 12.0. The first kappa shape index (κ1) is 22.3. The van der Waals surface area contributed by atoms with Gasteiger partial charge in [-0.1, -0.05) is 87.5 Å². The zero-order valence-corrected chi connectivity index (χ0v) is 19.6. The molecule has 0 radical (unpaired) electrons. The van der Waals surface area contributed by atoms with Crippen LogP contribution in [0.3, 0.4) is 0 Å². The molecule has 0 bridgehead atoms. The van der Waals surface area contributed by atoms with Gasteiger partial charge >= 0.3 is 8.32 Å². The Hall–Kier alpha value is -2.40. The van der Waals surface area contributed by atoms with Gasteiger partial charge in [-0.05, 0) is 38.7 Å². The Bertz CT molecular complexity index is 870. The highest BCUT2D eigenvalue weighted by Gasteiger charge is 2.52. The smallest absolute Gasteiger partial charge is 0.319 e. The van der Waals surface area contributed by atoms with Crippen LogP contribution in [0.15, 0.2) is 78.9 Å². The molecule has 0 aromatic heterocycles. The van der Waals surface area contributed by atoms with Gasteiger partial charge in [0, 0.05) is 14.2 Å². The molecule has 3 rings (SSSR count). The highest BCUT2D eigenvalue weighted by atomic mass is 28.4. The van der Waals surface area contributed by atoms with E-state index in [1.165, 1.54) is 10.4 Å². The SMILES string of the molecule is COCc1cc(COC)cc(O[Si](c2ccccc2)(c2ccccc2)C(C)(C)C)c1. The fraction of sp³-hybridized carbons (Fsp3) is 0.308. The Kier molecular flexibility index (Phi) is 7.13. The molecule has 0 N–H and O–H groups in total. The molecule has 0 unspecified atom stereocenters. The van der Waals surface area contributed by atoms with E-state index in [4.69, 9.17) is 13.9 Å². The molecule has 0 saturated carbocycles. The van der Waals surface area contributed by atoms with Crippen LogP contribution in [0.4, 0.5) is 0 Å². The van der Waals surface area contributed by atoms with E-state index in [9.17, 15) is 0 Å². The minimum absolute atomic E-state index is 0.0889. The first-order chi connectivity index (χ1) is 14.4. The summed E-state index contributed by atoms with van der Waals surface area (Å²) in [5.74, 6) is 0.867. The number of hydrogen-bond donors (Lipinski definition) is 0. The average Bonchev–Trinajstić information content (AvgIpc) is 2.73. The molecule has 0 aliphatic rings. The van der Waals surface area contributed by atoms with Crippen molar-refractivity contribution in [2.45, 2.75) is 39.0 Å². The van der Waals surface area contributed by atoms with Gasteiger partial charge in [-0.2, -0.15) is 0 Å². The van der Waals surface area contributed by atoms with Gasteiger partial charge in [-0.25, -0.2) is 0 Å². The summed E-state index contributed by atoms with van der Waals surface area (Å²) in [7, 11) is 0.764. The van der Waals surface area contributed by atoms with Gasteiger partial charge in [0.05, 0.1) is 13.2 Å². The van der Waals surface area contributed by atoms with Crippen molar-refractivity contribution in [3.63, 3.8) is 0 Å². The lowest BCUT2D eigenvalue weighted by atomic mass is 10.1. The number of rotatable bonds is 8. The highest BCUT2D eigenvalue weighted by molar-refractivity contribution is 7.00. The molecular formula is C26H32O3Si. The van der Waals surface area contributed by atoms with E-state index in [0.717, 1.165) is 16.9 Å².